The van der Waals surface area contributed by atoms with Crippen LogP contribution in [0.15, 0.2) is 34.2 Å². The molecule has 0 radical (unpaired) electrons. The number of guanidine groups is 1. The number of aliphatic imine (C=N–C) groups is 1. The SMILES string of the molecule is CCCCCCNC(=NC)NCc1ccc(S(=O)(=O)N2CCCC2)cc1. The predicted octanol–water partition coefficient (Wildman–Crippen LogP) is 2.72. The minimum atomic E-state index is -3.33. The molecule has 0 atom stereocenters. The van der Waals surface area contributed by atoms with Crippen LogP contribution in [-0.2, 0) is 16.6 Å². The Morgan fingerprint density at radius 2 is 1.77 bits per heavy atom. The van der Waals surface area contributed by atoms with Gasteiger partial charge in [0.15, 0.2) is 5.96 Å². The van der Waals surface area contributed by atoms with Crippen molar-refractivity contribution in [3.05, 3.63) is 29.8 Å². The van der Waals surface area contributed by atoms with Crippen LogP contribution in [0.2, 0.25) is 0 Å². The van der Waals surface area contributed by atoms with Crippen LogP contribution in [0.4, 0.5) is 0 Å². The lowest BCUT2D eigenvalue weighted by Gasteiger charge is -2.16. The van der Waals surface area contributed by atoms with Gasteiger partial charge in [-0.15, -0.1) is 0 Å². The molecule has 0 unspecified atom stereocenters. The highest BCUT2D eigenvalue weighted by Gasteiger charge is 2.26. The zero-order valence-corrected chi connectivity index (χ0v) is 16.8. The second-order valence-electron chi connectivity index (χ2n) is 6.67. The first-order chi connectivity index (χ1) is 12.6. The standard InChI is InChI=1S/C19H32N4O2S/c1-3-4-5-6-13-21-19(20-2)22-16-17-9-11-18(12-10-17)26(24,25)23-14-7-8-15-23/h9-12H,3-8,13-16H2,1-2H3,(H2,20,21,22). The summed E-state index contributed by atoms with van der Waals surface area (Å²) in [5.41, 5.74) is 1.03. The van der Waals surface area contributed by atoms with Crippen LogP contribution in [0.25, 0.3) is 0 Å². The van der Waals surface area contributed by atoms with Crippen LogP contribution in [0, 0.1) is 0 Å². The summed E-state index contributed by atoms with van der Waals surface area (Å²) in [5, 5.41) is 6.58. The Morgan fingerprint density at radius 1 is 1.08 bits per heavy atom. The van der Waals surface area contributed by atoms with Gasteiger partial charge in [-0.2, -0.15) is 4.31 Å². The van der Waals surface area contributed by atoms with Crippen molar-refractivity contribution >= 4 is 16.0 Å². The molecule has 0 aliphatic carbocycles. The number of unbranched alkanes of at least 4 members (excludes halogenated alkanes) is 3. The molecule has 146 valence electrons. The highest BCUT2D eigenvalue weighted by molar-refractivity contribution is 7.89. The molecule has 1 aliphatic rings. The third-order valence-corrected chi connectivity index (χ3v) is 6.55. The molecule has 0 saturated carbocycles. The van der Waals surface area contributed by atoms with Crippen LogP contribution in [0.1, 0.15) is 51.0 Å². The van der Waals surface area contributed by atoms with Crippen molar-refractivity contribution in [3.63, 3.8) is 0 Å². The fraction of sp³-hybridized carbons (Fsp3) is 0.632. The largest absolute Gasteiger partial charge is 0.356 e. The summed E-state index contributed by atoms with van der Waals surface area (Å²) in [4.78, 5) is 4.60. The zero-order chi connectivity index (χ0) is 18.8. The van der Waals surface area contributed by atoms with E-state index >= 15 is 0 Å². The molecular formula is C19H32N4O2S. The van der Waals surface area contributed by atoms with Crippen molar-refractivity contribution in [1.82, 2.24) is 14.9 Å². The topological polar surface area (TPSA) is 73.8 Å². The van der Waals surface area contributed by atoms with E-state index in [1.165, 1.54) is 19.3 Å². The lowest BCUT2D eigenvalue weighted by molar-refractivity contribution is 0.477. The van der Waals surface area contributed by atoms with Gasteiger partial charge in [-0.05, 0) is 37.0 Å². The van der Waals surface area contributed by atoms with Gasteiger partial charge >= 0.3 is 0 Å². The molecule has 1 aromatic carbocycles. The van der Waals surface area contributed by atoms with Gasteiger partial charge < -0.3 is 10.6 Å². The number of nitrogens with one attached hydrogen (secondary N) is 2. The van der Waals surface area contributed by atoms with E-state index in [1.807, 2.05) is 12.1 Å². The van der Waals surface area contributed by atoms with Crippen LogP contribution in [0.3, 0.4) is 0 Å². The van der Waals surface area contributed by atoms with Crippen molar-refractivity contribution in [3.8, 4) is 0 Å². The third-order valence-electron chi connectivity index (χ3n) is 4.63. The average molecular weight is 381 g/mol. The van der Waals surface area contributed by atoms with Gasteiger partial charge in [0, 0.05) is 33.2 Å². The summed E-state index contributed by atoms with van der Waals surface area (Å²) in [6.07, 6.45) is 6.76. The molecule has 7 heteroatoms. The van der Waals surface area contributed by atoms with Gasteiger partial charge in [0.2, 0.25) is 10.0 Å². The van der Waals surface area contributed by atoms with Crippen molar-refractivity contribution in [2.75, 3.05) is 26.7 Å². The van der Waals surface area contributed by atoms with E-state index in [1.54, 1.807) is 23.5 Å². The van der Waals surface area contributed by atoms with Gasteiger partial charge in [-0.1, -0.05) is 38.3 Å². The van der Waals surface area contributed by atoms with E-state index < -0.39 is 10.0 Å². The van der Waals surface area contributed by atoms with E-state index in [9.17, 15) is 8.42 Å². The minimum Gasteiger partial charge on any atom is -0.356 e. The molecule has 1 aromatic rings. The Balaban J connectivity index is 1.82. The molecule has 0 amide bonds. The number of hydrogen-bond acceptors (Lipinski definition) is 3. The first-order valence-corrected chi connectivity index (χ1v) is 11.1. The van der Waals surface area contributed by atoms with Crippen molar-refractivity contribution < 1.29 is 8.42 Å². The Hall–Kier alpha value is -1.60. The summed E-state index contributed by atoms with van der Waals surface area (Å²) in [6.45, 7) is 4.98. The van der Waals surface area contributed by atoms with Gasteiger partial charge in [0.1, 0.15) is 0 Å². The Labute approximate surface area is 158 Å². The second-order valence-corrected chi connectivity index (χ2v) is 8.61. The smallest absolute Gasteiger partial charge is 0.243 e. The Bertz CT molecular complexity index is 665. The fourth-order valence-electron chi connectivity index (χ4n) is 3.02. The van der Waals surface area contributed by atoms with E-state index in [4.69, 9.17) is 0 Å². The molecule has 0 spiro atoms. The first kappa shape index (κ1) is 20.7. The number of rotatable bonds is 9. The molecule has 1 saturated heterocycles. The van der Waals surface area contributed by atoms with E-state index in [0.717, 1.165) is 37.3 Å². The predicted molar refractivity (Wildman–Crippen MR) is 107 cm³/mol. The van der Waals surface area contributed by atoms with Crippen molar-refractivity contribution in [1.29, 1.82) is 0 Å². The molecule has 0 bridgehead atoms. The molecule has 1 aliphatic heterocycles. The second kappa shape index (κ2) is 10.5. The van der Waals surface area contributed by atoms with E-state index in [-0.39, 0.29) is 0 Å². The summed E-state index contributed by atoms with van der Waals surface area (Å²) >= 11 is 0. The molecule has 1 heterocycles. The molecular weight excluding hydrogens is 348 g/mol. The lowest BCUT2D eigenvalue weighted by Crippen LogP contribution is -2.37. The zero-order valence-electron chi connectivity index (χ0n) is 16.0. The molecule has 0 aromatic heterocycles. The molecule has 6 nitrogen and oxygen atoms in total. The maximum atomic E-state index is 12.5. The molecule has 26 heavy (non-hydrogen) atoms. The summed E-state index contributed by atoms with van der Waals surface area (Å²) < 4.78 is 26.6. The summed E-state index contributed by atoms with van der Waals surface area (Å²) in [6, 6.07) is 7.13. The first-order valence-electron chi connectivity index (χ1n) is 9.61. The minimum absolute atomic E-state index is 0.376. The lowest BCUT2D eigenvalue weighted by atomic mass is 10.2. The highest BCUT2D eigenvalue weighted by Crippen LogP contribution is 2.21. The number of hydrogen-bond donors (Lipinski definition) is 2. The van der Waals surface area contributed by atoms with Gasteiger partial charge in [-0.25, -0.2) is 8.42 Å². The van der Waals surface area contributed by atoms with Gasteiger partial charge in [-0.3, -0.25) is 4.99 Å². The van der Waals surface area contributed by atoms with E-state index in [2.05, 4.69) is 22.5 Å². The van der Waals surface area contributed by atoms with Gasteiger partial charge in [0.05, 0.1) is 4.90 Å². The van der Waals surface area contributed by atoms with Crippen LogP contribution >= 0.6 is 0 Å². The fourth-order valence-corrected chi connectivity index (χ4v) is 4.54. The normalized spacial score (nSPS) is 16.0. The average Bonchev–Trinajstić information content (AvgIpc) is 3.20. The van der Waals surface area contributed by atoms with Gasteiger partial charge in [0.25, 0.3) is 0 Å². The van der Waals surface area contributed by atoms with Crippen molar-refractivity contribution in [2.45, 2.75) is 56.9 Å². The summed E-state index contributed by atoms with van der Waals surface area (Å²) in [7, 11) is -1.58. The Morgan fingerprint density at radius 3 is 2.38 bits per heavy atom. The maximum absolute atomic E-state index is 12.5. The molecule has 2 N–H and O–H groups in total. The number of nitrogens with zero attached hydrogens (tertiary/aromatic N) is 2. The number of sulfonamides is 1. The van der Waals surface area contributed by atoms with Crippen LogP contribution in [0.5, 0.6) is 0 Å². The molecule has 1 fully saturated rings. The monoisotopic (exact) mass is 380 g/mol. The molecule has 2 rings (SSSR count). The summed E-state index contributed by atoms with van der Waals surface area (Å²) in [5.74, 6) is 0.773. The highest BCUT2D eigenvalue weighted by atomic mass is 32.2. The van der Waals surface area contributed by atoms with Crippen LogP contribution in [-0.4, -0.2) is 45.4 Å². The Kier molecular flexibility index (Phi) is 8.38. The maximum Gasteiger partial charge on any atom is 0.243 e. The quantitative estimate of drug-likeness (QED) is 0.392. The van der Waals surface area contributed by atoms with E-state index in [0.29, 0.717) is 24.5 Å². The third kappa shape index (κ3) is 5.99. The number of benzene rings is 1. The van der Waals surface area contributed by atoms with Crippen molar-refractivity contribution in [2.24, 2.45) is 4.99 Å². The van der Waals surface area contributed by atoms with Crippen LogP contribution < -0.4 is 10.6 Å².